The second-order valence-electron chi connectivity index (χ2n) is 4.98. The third-order valence-electron chi connectivity index (χ3n) is 3.66. The molecule has 1 amide bonds. The second-order valence-corrected chi connectivity index (χ2v) is 5.29. The van der Waals surface area contributed by atoms with Crippen LogP contribution in [-0.4, -0.2) is 44.0 Å². The molecule has 1 fully saturated rings. The minimum Gasteiger partial charge on any atom is -0.497 e. The molecule has 0 spiro atoms. The minimum absolute atomic E-state index is 0.000630. The average Bonchev–Trinajstić information content (AvgIpc) is 2.53. The van der Waals surface area contributed by atoms with Crippen LogP contribution in [0, 0.1) is 5.92 Å². The molecule has 20 heavy (non-hydrogen) atoms. The second kappa shape index (κ2) is 6.84. The molecule has 1 aliphatic rings. The van der Waals surface area contributed by atoms with E-state index in [-0.39, 0.29) is 5.91 Å². The molecule has 1 aliphatic heterocycles. The van der Waals surface area contributed by atoms with Crippen molar-refractivity contribution in [1.29, 1.82) is 0 Å². The summed E-state index contributed by atoms with van der Waals surface area (Å²) >= 11 is 5.92. The largest absolute Gasteiger partial charge is 0.497 e. The number of hydrogen-bond acceptors (Lipinski definition) is 3. The smallest absolute Gasteiger partial charge is 0.257 e. The highest BCUT2D eigenvalue weighted by Crippen LogP contribution is 2.27. The van der Waals surface area contributed by atoms with Crippen molar-refractivity contribution in [2.75, 3.05) is 33.2 Å². The lowest BCUT2D eigenvalue weighted by atomic mass is 9.99. The fourth-order valence-electron chi connectivity index (χ4n) is 2.52. The summed E-state index contributed by atoms with van der Waals surface area (Å²) in [5.74, 6) is 2.21. The third kappa shape index (κ3) is 3.18. The van der Waals surface area contributed by atoms with E-state index < -0.39 is 0 Å². The quantitative estimate of drug-likeness (QED) is 0.802. The molecular formula is C15H20ClNO3. The Morgan fingerprint density at radius 1 is 1.40 bits per heavy atom. The fraction of sp³-hybridized carbons (Fsp3) is 0.533. The first-order valence-electron chi connectivity index (χ1n) is 6.76. The number of halogens is 1. The van der Waals surface area contributed by atoms with E-state index in [2.05, 4.69) is 0 Å². The maximum atomic E-state index is 12.6. The standard InChI is InChI=1S/C15H20ClNO3/c1-19-12-5-6-13(14(8-12)20-2)15(18)17-7-3-4-11(9-16)10-17/h5-6,8,11H,3-4,7,9-10H2,1-2H3. The predicted molar refractivity (Wildman–Crippen MR) is 78.9 cm³/mol. The van der Waals surface area contributed by atoms with Crippen LogP contribution in [0.3, 0.4) is 0 Å². The normalized spacial score (nSPS) is 18.8. The molecule has 0 radical (unpaired) electrons. The van der Waals surface area contributed by atoms with Crippen LogP contribution in [0.4, 0.5) is 0 Å². The van der Waals surface area contributed by atoms with Crippen molar-refractivity contribution in [2.24, 2.45) is 5.92 Å². The van der Waals surface area contributed by atoms with Gasteiger partial charge in [-0.3, -0.25) is 4.79 Å². The summed E-state index contributed by atoms with van der Waals surface area (Å²) < 4.78 is 10.4. The van der Waals surface area contributed by atoms with Gasteiger partial charge in [0.25, 0.3) is 5.91 Å². The van der Waals surface area contributed by atoms with Crippen molar-refractivity contribution in [2.45, 2.75) is 12.8 Å². The van der Waals surface area contributed by atoms with Gasteiger partial charge in [-0.15, -0.1) is 11.6 Å². The van der Waals surface area contributed by atoms with Crippen LogP contribution in [-0.2, 0) is 0 Å². The summed E-state index contributed by atoms with van der Waals surface area (Å²) in [6.45, 7) is 1.50. The summed E-state index contributed by atoms with van der Waals surface area (Å²) in [6, 6.07) is 5.26. The molecule has 1 aromatic rings. The number of alkyl halides is 1. The molecule has 1 aromatic carbocycles. The highest BCUT2D eigenvalue weighted by atomic mass is 35.5. The molecular weight excluding hydrogens is 278 g/mol. The number of rotatable bonds is 4. The van der Waals surface area contributed by atoms with Gasteiger partial charge in [-0.1, -0.05) is 0 Å². The number of carbonyl (C=O) groups excluding carboxylic acids is 1. The number of piperidine rings is 1. The first kappa shape index (κ1) is 15.0. The Morgan fingerprint density at radius 2 is 2.20 bits per heavy atom. The molecule has 0 N–H and O–H groups in total. The molecule has 0 aliphatic carbocycles. The lowest BCUT2D eigenvalue weighted by Gasteiger charge is -2.32. The Morgan fingerprint density at radius 3 is 2.85 bits per heavy atom. The third-order valence-corrected chi connectivity index (χ3v) is 4.10. The zero-order chi connectivity index (χ0) is 14.5. The van der Waals surface area contributed by atoms with Crippen LogP contribution >= 0.6 is 11.6 Å². The molecule has 1 saturated heterocycles. The van der Waals surface area contributed by atoms with Gasteiger partial charge in [-0.2, -0.15) is 0 Å². The van der Waals surface area contributed by atoms with E-state index in [1.807, 2.05) is 4.90 Å². The van der Waals surface area contributed by atoms with Gasteiger partial charge in [-0.05, 0) is 30.9 Å². The van der Waals surface area contributed by atoms with Gasteiger partial charge in [0.1, 0.15) is 11.5 Å². The summed E-state index contributed by atoms with van der Waals surface area (Å²) in [7, 11) is 3.15. The number of hydrogen-bond donors (Lipinski definition) is 0. The Balaban J connectivity index is 2.19. The van der Waals surface area contributed by atoms with Gasteiger partial charge in [0.05, 0.1) is 19.8 Å². The average molecular weight is 298 g/mol. The van der Waals surface area contributed by atoms with Crippen molar-refractivity contribution in [1.82, 2.24) is 4.90 Å². The van der Waals surface area contributed by atoms with Crippen molar-refractivity contribution < 1.29 is 14.3 Å². The maximum Gasteiger partial charge on any atom is 0.257 e. The molecule has 1 unspecified atom stereocenters. The van der Waals surface area contributed by atoms with E-state index in [1.165, 1.54) is 0 Å². The van der Waals surface area contributed by atoms with Crippen LogP contribution in [0.25, 0.3) is 0 Å². The van der Waals surface area contributed by atoms with E-state index in [9.17, 15) is 4.79 Å². The Bertz CT molecular complexity index is 478. The van der Waals surface area contributed by atoms with E-state index in [4.69, 9.17) is 21.1 Å². The number of methoxy groups -OCH3 is 2. The van der Waals surface area contributed by atoms with Gasteiger partial charge < -0.3 is 14.4 Å². The van der Waals surface area contributed by atoms with E-state index in [0.29, 0.717) is 28.9 Å². The molecule has 0 saturated carbocycles. The Labute approximate surface area is 124 Å². The van der Waals surface area contributed by atoms with Gasteiger partial charge in [-0.25, -0.2) is 0 Å². The highest BCUT2D eigenvalue weighted by molar-refractivity contribution is 6.18. The van der Waals surface area contributed by atoms with Crippen molar-refractivity contribution in [3.05, 3.63) is 23.8 Å². The summed E-state index contributed by atoms with van der Waals surface area (Å²) in [5, 5.41) is 0. The number of carbonyl (C=O) groups is 1. The van der Waals surface area contributed by atoms with E-state index in [0.717, 1.165) is 25.9 Å². The van der Waals surface area contributed by atoms with Crippen LogP contribution in [0.5, 0.6) is 11.5 Å². The predicted octanol–water partition coefficient (Wildman–Crippen LogP) is 2.79. The van der Waals surface area contributed by atoms with Crippen LogP contribution in [0.15, 0.2) is 18.2 Å². The SMILES string of the molecule is COc1ccc(C(=O)N2CCCC(CCl)C2)c(OC)c1. The van der Waals surface area contributed by atoms with Crippen LogP contribution in [0.1, 0.15) is 23.2 Å². The lowest BCUT2D eigenvalue weighted by Crippen LogP contribution is -2.40. The monoisotopic (exact) mass is 297 g/mol. The lowest BCUT2D eigenvalue weighted by molar-refractivity contribution is 0.0681. The summed E-state index contributed by atoms with van der Waals surface area (Å²) in [6.07, 6.45) is 2.09. The van der Waals surface area contributed by atoms with Gasteiger partial charge >= 0.3 is 0 Å². The van der Waals surface area contributed by atoms with Gasteiger partial charge in [0, 0.05) is 25.0 Å². The van der Waals surface area contributed by atoms with Crippen molar-refractivity contribution in [3.8, 4) is 11.5 Å². The molecule has 5 heteroatoms. The van der Waals surface area contributed by atoms with Gasteiger partial charge in [0.15, 0.2) is 0 Å². The number of likely N-dealkylation sites (tertiary alicyclic amines) is 1. The topological polar surface area (TPSA) is 38.8 Å². The molecule has 0 aromatic heterocycles. The number of nitrogens with zero attached hydrogens (tertiary/aromatic N) is 1. The summed E-state index contributed by atoms with van der Waals surface area (Å²) in [5.41, 5.74) is 0.573. The number of ether oxygens (including phenoxy) is 2. The zero-order valence-corrected chi connectivity index (χ0v) is 12.7. The molecule has 0 bridgehead atoms. The van der Waals surface area contributed by atoms with Crippen molar-refractivity contribution in [3.63, 3.8) is 0 Å². The molecule has 1 heterocycles. The Kier molecular flexibility index (Phi) is 5.12. The first-order valence-corrected chi connectivity index (χ1v) is 7.30. The van der Waals surface area contributed by atoms with Crippen LogP contribution in [0.2, 0.25) is 0 Å². The van der Waals surface area contributed by atoms with Gasteiger partial charge in [0.2, 0.25) is 0 Å². The minimum atomic E-state index is -0.000630. The van der Waals surface area contributed by atoms with E-state index in [1.54, 1.807) is 32.4 Å². The Hall–Kier alpha value is -1.42. The number of benzene rings is 1. The zero-order valence-electron chi connectivity index (χ0n) is 11.9. The fourth-order valence-corrected chi connectivity index (χ4v) is 2.77. The highest BCUT2D eigenvalue weighted by Gasteiger charge is 2.25. The maximum absolute atomic E-state index is 12.6. The molecule has 1 atom stereocenters. The molecule has 110 valence electrons. The molecule has 2 rings (SSSR count). The van der Waals surface area contributed by atoms with Crippen molar-refractivity contribution >= 4 is 17.5 Å². The first-order chi connectivity index (χ1) is 9.69. The summed E-state index contributed by atoms with van der Waals surface area (Å²) in [4.78, 5) is 14.5. The van der Waals surface area contributed by atoms with E-state index >= 15 is 0 Å². The van der Waals surface area contributed by atoms with Crippen LogP contribution < -0.4 is 9.47 Å². The molecule has 4 nitrogen and oxygen atoms in total. The number of amides is 1.